The Morgan fingerprint density at radius 3 is 2.28 bits per heavy atom. The second-order valence-electron chi connectivity index (χ2n) is 7.13. The zero-order valence-corrected chi connectivity index (χ0v) is 19.1. The summed E-state index contributed by atoms with van der Waals surface area (Å²) in [5.74, 6) is 0.0115. The third-order valence-corrected chi connectivity index (χ3v) is 6.41. The average Bonchev–Trinajstić information content (AvgIpc) is 2.63. The first-order chi connectivity index (χ1) is 13.5. The van der Waals surface area contributed by atoms with Gasteiger partial charge in [0.25, 0.3) is 0 Å². The minimum absolute atomic E-state index is 0.259. The zero-order chi connectivity index (χ0) is 21.9. The number of methoxy groups -OCH3 is 1. The molecule has 158 valence electrons. The summed E-state index contributed by atoms with van der Waals surface area (Å²) in [6.45, 7) is 7.44. The van der Waals surface area contributed by atoms with Crippen molar-refractivity contribution in [2.75, 3.05) is 17.7 Å². The summed E-state index contributed by atoms with van der Waals surface area (Å²) in [4.78, 5) is 12.9. The fourth-order valence-electron chi connectivity index (χ4n) is 3.05. The largest absolute Gasteiger partial charge is 0.495 e. The molecule has 6 nitrogen and oxygen atoms in total. The van der Waals surface area contributed by atoms with Crippen LogP contribution in [0.15, 0.2) is 36.4 Å². The van der Waals surface area contributed by atoms with E-state index < -0.39 is 22.0 Å². The predicted octanol–water partition coefficient (Wildman–Crippen LogP) is 4.00. The van der Waals surface area contributed by atoms with E-state index in [1.807, 2.05) is 39.0 Å². The molecule has 2 aromatic rings. The van der Waals surface area contributed by atoms with Gasteiger partial charge < -0.3 is 10.1 Å². The number of nitrogens with one attached hydrogen (secondary N) is 1. The standard InChI is InChI=1S/C21H27ClN2O4S/c1-13-7-8-17(11-14(13)2)15(3)23-21(25)16(4)24(29(6,26)27)18-9-10-20(28-5)19(22)12-18/h7-12,15-16H,1-6H3,(H,23,25)/t15-,16+/m0/s1. The molecule has 29 heavy (non-hydrogen) atoms. The molecule has 0 heterocycles. The van der Waals surface area contributed by atoms with E-state index in [1.165, 1.54) is 18.7 Å². The summed E-state index contributed by atoms with van der Waals surface area (Å²) in [6.07, 6.45) is 1.06. The smallest absolute Gasteiger partial charge is 0.244 e. The second-order valence-corrected chi connectivity index (χ2v) is 9.39. The highest BCUT2D eigenvalue weighted by Crippen LogP contribution is 2.31. The van der Waals surface area contributed by atoms with Gasteiger partial charge in [-0.1, -0.05) is 29.8 Å². The number of nitrogens with zero attached hydrogens (tertiary/aromatic N) is 1. The summed E-state index contributed by atoms with van der Waals surface area (Å²) < 4.78 is 31.1. The van der Waals surface area contributed by atoms with Crippen LogP contribution in [0.2, 0.25) is 5.02 Å². The number of benzene rings is 2. The van der Waals surface area contributed by atoms with Gasteiger partial charge in [-0.15, -0.1) is 0 Å². The Hall–Kier alpha value is -2.25. The number of aryl methyl sites for hydroxylation is 2. The molecule has 0 unspecified atom stereocenters. The number of halogens is 1. The number of hydrogen-bond donors (Lipinski definition) is 1. The van der Waals surface area contributed by atoms with Gasteiger partial charge in [0.1, 0.15) is 11.8 Å². The lowest BCUT2D eigenvalue weighted by atomic mass is 10.0. The van der Waals surface area contributed by atoms with Crippen molar-refractivity contribution in [3.05, 3.63) is 58.1 Å². The van der Waals surface area contributed by atoms with E-state index >= 15 is 0 Å². The van der Waals surface area contributed by atoms with Crippen LogP contribution in [-0.2, 0) is 14.8 Å². The van der Waals surface area contributed by atoms with Crippen molar-refractivity contribution >= 4 is 33.2 Å². The molecule has 2 rings (SSSR count). The van der Waals surface area contributed by atoms with Gasteiger partial charge in [0.05, 0.1) is 30.1 Å². The first kappa shape index (κ1) is 23.0. The van der Waals surface area contributed by atoms with Crippen LogP contribution >= 0.6 is 11.6 Å². The Bertz CT molecular complexity index is 1010. The van der Waals surface area contributed by atoms with Gasteiger partial charge in [0.2, 0.25) is 15.9 Å². The molecule has 0 spiro atoms. The van der Waals surface area contributed by atoms with E-state index in [2.05, 4.69) is 5.32 Å². The second kappa shape index (κ2) is 9.05. The topological polar surface area (TPSA) is 75.7 Å². The number of carbonyl (C=O) groups excluding carboxylic acids is 1. The number of hydrogen-bond acceptors (Lipinski definition) is 4. The third-order valence-electron chi connectivity index (χ3n) is 4.87. The maximum absolute atomic E-state index is 12.9. The molecule has 0 aliphatic heterocycles. The quantitative estimate of drug-likeness (QED) is 0.708. The highest BCUT2D eigenvalue weighted by molar-refractivity contribution is 7.92. The molecule has 0 radical (unpaired) electrons. The van der Waals surface area contributed by atoms with Crippen LogP contribution in [0.4, 0.5) is 5.69 Å². The molecule has 2 aromatic carbocycles. The van der Waals surface area contributed by atoms with Crippen molar-refractivity contribution in [2.24, 2.45) is 0 Å². The number of ether oxygens (including phenoxy) is 1. The predicted molar refractivity (Wildman–Crippen MR) is 117 cm³/mol. The lowest BCUT2D eigenvalue weighted by molar-refractivity contribution is -0.122. The lowest BCUT2D eigenvalue weighted by Gasteiger charge is -2.29. The van der Waals surface area contributed by atoms with Crippen LogP contribution in [0.25, 0.3) is 0 Å². The maximum atomic E-state index is 12.9. The van der Waals surface area contributed by atoms with Crippen LogP contribution in [0, 0.1) is 13.8 Å². The SMILES string of the molecule is COc1ccc(N([C@H](C)C(=O)N[C@@H](C)c2ccc(C)c(C)c2)S(C)(=O)=O)cc1Cl. The van der Waals surface area contributed by atoms with Crippen LogP contribution in [0.1, 0.15) is 36.6 Å². The Labute approximate surface area is 177 Å². The van der Waals surface area contributed by atoms with Crippen LogP contribution in [0.5, 0.6) is 5.75 Å². The van der Waals surface area contributed by atoms with Crippen molar-refractivity contribution in [1.82, 2.24) is 5.32 Å². The fraction of sp³-hybridized carbons (Fsp3) is 0.381. The molecular formula is C21H27ClN2O4S. The van der Waals surface area contributed by atoms with E-state index in [9.17, 15) is 13.2 Å². The number of sulfonamides is 1. The van der Waals surface area contributed by atoms with Crippen LogP contribution in [0.3, 0.4) is 0 Å². The lowest BCUT2D eigenvalue weighted by Crippen LogP contribution is -2.48. The summed E-state index contributed by atoms with van der Waals surface area (Å²) in [6, 6.07) is 9.32. The van der Waals surface area contributed by atoms with Crippen molar-refractivity contribution in [3.8, 4) is 5.75 Å². The molecule has 0 aliphatic rings. The Kier molecular flexibility index (Phi) is 7.19. The molecule has 0 aliphatic carbocycles. The monoisotopic (exact) mass is 438 g/mol. The van der Waals surface area contributed by atoms with Crippen LogP contribution in [-0.4, -0.2) is 33.7 Å². The first-order valence-corrected chi connectivity index (χ1v) is 11.4. The molecule has 1 N–H and O–H groups in total. The van der Waals surface area contributed by atoms with Gasteiger partial charge in [0, 0.05) is 0 Å². The van der Waals surface area contributed by atoms with Gasteiger partial charge in [-0.2, -0.15) is 0 Å². The van der Waals surface area contributed by atoms with Crippen LogP contribution < -0.4 is 14.4 Å². The molecule has 8 heteroatoms. The molecule has 2 atom stereocenters. The highest BCUT2D eigenvalue weighted by atomic mass is 35.5. The maximum Gasteiger partial charge on any atom is 0.244 e. The van der Waals surface area contributed by atoms with Crippen molar-refractivity contribution in [2.45, 2.75) is 39.8 Å². The van der Waals surface area contributed by atoms with E-state index in [0.717, 1.165) is 21.7 Å². The molecule has 0 saturated carbocycles. The minimum Gasteiger partial charge on any atom is -0.495 e. The molecule has 0 fully saturated rings. The van der Waals surface area contributed by atoms with Gasteiger partial charge in [0.15, 0.2) is 0 Å². The Balaban J connectivity index is 2.29. The summed E-state index contributed by atoms with van der Waals surface area (Å²) >= 11 is 6.15. The summed E-state index contributed by atoms with van der Waals surface area (Å²) in [7, 11) is -2.27. The summed E-state index contributed by atoms with van der Waals surface area (Å²) in [5, 5.41) is 3.16. The molecule has 0 saturated heterocycles. The van der Waals surface area contributed by atoms with Crippen molar-refractivity contribution in [3.63, 3.8) is 0 Å². The van der Waals surface area contributed by atoms with E-state index in [-0.39, 0.29) is 11.1 Å². The van der Waals surface area contributed by atoms with Gasteiger partial charge >= 0.3 is 0 Å². The van der Waals surface area contributed by atoms with E-state index in [0.29, 0.717) is 11.4 Å². The van der Waals surface area contributed by atoms with Gasteiger partial charge in [-0.25, -0.2) is 8.42 Å². The Morgan fingerprint density at radius 1 is 1.10 bits per heavy atom. The van der Waals surface area contributed by atoms with E-state index in [4.69, 9.17) is 16.3 Å². The molecular weight excluding hydrogens is 412 g/mol. The van der Waals surface area contributed by atoms with Crippen molar-refractivity contribution in [1.29, 1.82) is 0 Å². The minimum atomic E-state index is -3.74. The Morgan fingerprint density at radius 2 is 1.76 bits per heavy atom. The molecule has 1 amide bonds. The zero-order valence-electron chi connectivity index (χ0n) is 17.5. The fourth-order valence-corrected chi connectivity index (χ4v) is 4.47. The third kappa shape index (κ3) is 5.42. The number of amides is 1. The average molecular weight is 439 g/mol. The number of carbonyl (C=O) groups is 1. The number of anilines is 1. The van der Waals surface area contributed by atoms with Gasteiger partial charge in [-0.3, -0.25) is 9.10 Å². The molecule has 0 bridgehead atoms. The molecule has 0 aromatic heterocycles. The van der Waals surface area contributed by atoms with Crippen molar-refractivity contribution < 1.29 is 17.9 Å². The number of rotatable bonds is 7. The first-order valence-electron chi connectivity index (χ1n) is 9.16. The highest BCUT2D eigenvalue weighted by Gasteiger charge is 2.30. The summed E-state index contributed by atoms with van der Waals surface area (Å²) in [5.41, 5.74) is 3.54. The van der Waals surface area contributed by atoms with E-state index in [1.54, 1.807) is 19.1 Å². The normalized spacial score (nSPS) is 13.5. The van der Waals surface area contributed by atoms with Gasteiger partial charge in [-0.05, 0) is 62.6 Å².